The molecule has 7 nitrogen and oxygen atoms in total. The van der Waals surface area contributed by atoms with Gasteiger partial charge in [0.25, 0.3) is 0 Å². The van der Waals surface area contributed by atoms with E-state index in [0.29, 0.717) is 17.3 Å². The molecule has 1 aliphatic heterocycles. The van der Waals surface area contributed by atoms with Crippen LogP contribution in [0.25, 0.3) is 4.96 Å². The third kappa shape index (κ3) is 3.55. The molecule has 27 heavy (non-hydrogen) atoms. The second kappa shape index (κ2) is 7.51. The molecule has 0 amide bonds. The van der Waals surface area contributed by atoms with Crippen molar-refractivity contribution in [1.82, 2.24) is 24.4 Å². The summed E-state index contributed by atoms with van der Waals surface area (Å²) in [6.07, 6.45) is 0. The average Bonchev–Trinajstić information content (AvgIpc) is 3.16. The number of halogens is 1. The molecule has 0 bridgehead atoms. The lowest BCUT2D eigenvalue weighted by Crippen LogP contribution is -2.48. The van der Waals surface area contributed by atoms with Crippen molar-refractivity contribution in [2.75, 3.05) is 39.3 Å². The minimum absolute atomic E-state index is 0.0858. The largest absolute Gasteiger partial charge is 0.492 e. The highest BCUT2D eigenvalue weighted by Crippen LogP contribution is 2.40. The predicted octanol–water partition coefficient (Wildman–Crippen LogP) is 1.64. The molecule has 1 saturated heterocycles. The molecule has 2 aromatic heterocycles. The Balaban J connectivity index is 1.70. The fourth-order valence-electron chi connectivity index (χ4n) is 3.59. The number of hydrogen-bond donors (Lipinski definition) is 2. The molecule has 0 aliphatic carbocycles. The molecule has 1 aromatic carbocycles. The molecule has 1 aliphatic rings. The molecule has 0 saturated carbocycles. The van der Waals surface area contributed by atoms with E-state index in [4.69, 9.17) is 5.11 Å². The van der Waals surface area contributed by atoms with Crippen LogP contribution in [0.3, 0.4) is 0 Å². The van der Waals surface area contributed by atoms with E-state index in [1.165, 1.54) is 28.0 Å². The highest BCUT2D eigenvalue weighted by molar-refractivity contribution is 7.17. The van der Waals surface area contributed by atoms with Gasteiger partial charge in [-0.3, -0.25) is 9.80 Å². The summed E-state index contributed by atoms with van der Waals surface area (Å²) in [7, 11) is 0. The second-order valence-electron chi connectivity index (χ2n) is 6.70. The number of hydrogen-bond acceptors (Lipinski definition) is 7. The van der Waals surface area contributed by atoms with Gasteiger partial charge in [0.2, 0.25) is 10.8 Å². The van der Waals surface area contributed by atoms with Crippen molar-refractivity contribution < 1.29 is 14.6 Å². The molecule has 0 spiro atoms. The summed E-state index contributed by atoms with van der Waals surface area (Å²) in [5.41, 5.74) is 0.920. The summed E-state index contributed by atoms with van der Waals surface area (Å²) >= 11 is 1.41. The van der Waals surface area contributed by atoms with E-state index in [2.05, 4.69) is 19.9 Å². The summed E-state index contributed by atoms with van der Waals surface area (Å²) in [6.45, 7) is 5.84. The summed E-state index contributed by atoms with van der Waals surface area (Å²) in [5, 5.41) is 24.2. The highest BCUT2D eigenvalue weighted by atomic mass is 32.1. The molecule has 1 fully saturated rings. The van der Waals surface area contributed by atoms with Crippen LogP contribution in [0.15, 0.2) is 24.3 Å². The molecule has 144 valence electrons. The van der Waals surface area contributed by atoms with Gasteiger partial charge in [-0.2, -0.15) is 4.52 Å². The predicted molar refractivity (Wildman–Crippen MR) is 101 cm³/mol. The maximum absolute atomic E-state index is 13.5. The number of aromatic nitrogens is 3. The van der Waals surface area contributed by atoms with E-state index in [9.17, 15) is 9.50 Å². The molecule has 3 aromatic rings. The van der Waals surface area contributed by atoms with Crippen molar-refractivity contribution in [2.24, 2.45) is 0 Å². The number of rotatable bonds is 5. The van der Waals surface area contributed by atoms with Crippen LogP contribution in [0.2, 0.25) is 0 Å². The SMILES string of the molecule is Cc1nc2sc([C@H](c3ccc(F)cc3)N3CCN(CCO)CC3)c(O)n2n1. The zero-order chi connectivity index (χ0) is 19.0. The number of aromatic hydroxyl groups is 1. The monoisotopic (exact) mass is 391 g/mol. The van der Waals surface area contributed by atoms with Gasteiger partial charge in [-0.15, -0.1) is 5.10 Å². The van der Waals surface area contributed by atoms with Gasteiger partial charge in [0.05, 0.1) is 17.5 Å². The fraction of sp³-hybridized carbons (Fsp3) is 0.444. The number of fused-ring (bicyclic) bond motifs is 1. The number of β-amino-alcohol motifs (C(OH)–C–C–N with tert-alkyl or cyclic N) is 1. The Morgan fingerprint density at radius 1 is 1.19 bits per heavy atom. The smallest absolute Gasteiger partial charge is 0.230 e. The minimum atomic E-state index is -0.284. The van der Waals surface area contributed by atoms with Crippen LogP contribution in [0.4, 0.5) is 4.39 Å². The van der Waals surface area contributed by atoms with Gasteiger partial charge in [0.15, 0.2) is 0 Å². The Labute approximate surface area is 160 Å². The Kier molecular flexibility index (Phi) is 5.09. The summed E-state index contributed by atoms with van der Waals surface area (Å²) in [6, 6.07) is 6.22. The zero-order valence-electron chi connectivity index (χ0n) is 15.0. The van der Waals surface area contributed by atoms with Crippen LogP contribution < -0.4 is 0 Å². The molecule has 4 rings (SSSR count). The van der Waals surface area contributed by atoms with Crippen LogP contribution in [-0.2, 0) is 0 Å². The van der Waals surface area contributed by atoms with Gasteiger partial charge in [0, 0.05) is 32.7 Å². The number of thiazole rings is 1. The van der Waals surface area contributed by atoms with E-state index in [0.717, 1.165) is 36.6 Å². The van der Waals surface area contributed by atoms with Crippen molar-refractivity contribution in [3.8, 4) is 5.88 Å². The number of benzene rings is 1. The molecule has 0 radical (unpaired) electrons. The summed E-state index contributed by atoms with van der Waals surface area (Å²) in [5.74, 6) is 0.412. The van der Waals surface area contributed by atoms with Crippen LogP contribution in [-0.4, -0.2) is 73.9 Å². The van der Waals surface area contributed by atoms with E-state index >= 15 is 0 Å². The molecular weight excluding hydrogens is 369 g/mol. The number of aliphatic hydroxyl groups excluding tert-OH is 1. The van der Waals surface area contributed by atoms with Crippen LogP contribution >= 0.6 is 11.3 Å². The zero-order valence-corrected chi connectivity index (χ0v) is 15.9. The summed E-state index contributed by atoms with van der Waals surface area (Å²) < 4.78 is 14.9. The number of piperazine rings is 1. The number of aryl methyl sites for hydroxylation is 1. The van der Waals surface area contributed by atoms with Gasteiger partial charge < -0.3 is 10.2 Å². The van der Waals surface area contributed by atoms with Gasteiger partial charge in [-0.05, 0) is 24.6 Å². The number of aliphatic hydroxyl groups is 1. The van der Waals surface area contributed by atoms with Gasteiger partial charge in [0.1, 0.15) is 11.6 Å². The standard InChI is InChI=1S/C18H22FN5O2S/c1-12-20-18-24(21-12)17(26)16(27-18)15(13-2-4-14(19)5-3-13)23-8-6-22(7-9-23)10-11-25/h2-5,15,25-26H,6-11H2,1H3/t15-/m0/s1. The lowest BCUT2D eigenvalue weighted by atomic mass is 10.0. The Morgan fingerprint density at radius 2 is 1.89 bits per heavy atom. The fourth-order valence-corrected chi connectivity index (χ4v) is 4.75. The lowest BCUT2D eigenvalue weighted by molar-refractivity contribution is 0.0945. The third-order valence-electron chi connectivity index (χ3n) is 4.93. The van der Waals surface area contributed by atoms with E-state index in [-0.39, 0.29) is 24.3 Å². The van der Waals surface area contributed by atoms with Crippen molar-refractivity contribution >= 4 is 16.3 Å². The van der Waals surface area contributed by atoms with Crippen LogP contribution in [0.5, 0.6) is 5.88 Å². The van der Waals surface area contributed by atoms with Crippen molar-refractivity contribution in [3.05, 3.63) is 46.3 Å². The maximum Gasteiger partial charge on any atom is 0.230 e. The topological polar surface area (TPSA) is 77.1 Å². The third-order valence-corrected chi connectivity index (χ3v) is 6.00. The van der Waals surface area contributed by atoms with E-state index in [1.54, 1.807) is 19.1 Å². The lowest BCUT2D eigenvalue weighted by Gasteiger charge is -2.39. The quantitative estimate of drug-likeness (QED) is 0.689. The second-order valence-corrected chi connectivity index (χ2v) is 7.71. The van der Waals surface area contributed by atoms with Crippen molar-refractivity contribution in [2.45, 2.75) is 13.0 Å². The first-order chi connectivity index (χ1) is 13.1. The van der Waals surface area contributed by atoms with E-state index < -0.39 is 0 Å². The minimum Gasteiger partial charge on any atom is -0.492 e. The maximum atomic E-state index is 13.5. The Morgan fingerprint density at radius 3 is 2.52 bits per heavy atom. The molecule has 2 N–H and O–H groups in total. The van der Waals surface area contributed by atoms with Gasteiger partial charge in [-0.25, -0.2) is 9.37 Å². The van der Waals surface area contributed by atoms with Crippen LogP contribution in [0.1, 0.15) is 22.3 Å². The summed E-state index contributed by atoms with van der Waals surface area (Å²) in [4.78, 5) is 10.3. The van der Waals surface area contributed by atoms with Gasteiger partial charge in [-0.1, -0.05) is 23.5 Å². The number of nitrogens with zero attached hydrogens (tertiary/aromatic N) is 5. The Hall–Kier alpha value is -2.07. The molecular formula is C18H22FN5O2S. The average molecular weight is 391 g/mol. The highest BCUT2D eigenvalue weighted by Gasteiger charge is 2.31. The first kappa shape index (κ1) is 18.3. The van der Waals surface area contributed by atoms with Gasteiger partial charge >= 0.3 is 0 Å². The normalized spacial score (nSPS) is 17.6. The molecule has 0 unspecified atom stereocenters. The molecule has 9 heteroatoms. The van der Waals surface area contributed by atoms with Crippen molar-refractivity contribution in [1.29, 1.82) is 0 Å². The molecule has 3 heterocycles. The molecule has 1 atom stereocenters. The van der Waals surface area contributed by atoms with Crippen molar-refractivity contribution in [3.63, 3.8) is 0 Å². The van der Waals surface area contributed by atoms with Crippen LogP contribution in [0, 0.1) is 12.7 Å². The Bertz CT molecular complexity index is 918. The first-order valence-corrected chi connectivity index (χ1v) is 9.76. The first-order valence-electron chi connectivity index (χ1n) is 8.94. The van der Waals surface area contributed by atoms with E-state index in [1.807, 2.05) is 0 Å².